The summed E-state index contributed by atoms with van der Waals surface area (Å²) in [5.74, 6) is 2.73. The molecule has 2 aromatic rings. The van der Waals surface area contributed by atoms with Crippen molar-refractivity contribution >= 4 is 5.96 Å². The lowest BCUT2D eigenvalue weighted by Crippen LogP contribution is -2.68. The molecule has 0 aromatic carbocycles. The van der Waals surface area contributed by atoms with Gasteiger partial charge in [0, 0.05) is 25.1 Å². The number of aliphatic imine (C=N–C) groups is 1. The van der Waals surface area contributed by atoms with Gasteiger partial charge in [0.05, 0.1) is 18.9 Å². The molecule has 2 saturated carbocycles. The van der Waals surface area contributed by atoms with E-state index in [-0.39, 0.29) is 0 Å². The molecule has 0 bridgehead atoms. The molecule has 140 valence electrons. The zero-order chi connectivity index (χ0) is 18.0. The lowest BCUT2D eigenvalue weighted by atomic mass is 9.51. The zero-order valence-corrected chi connectivity index (χ0v) is 15.3. The molecule has 0 amide bonds. The van der Waals surface area contributed by atoms with Crippen molar-refractivity contribution in [2.75, 3.05) is 13.7 Å². The number of nitrogens with one attached hydrogen (secondary N) is 3. The van der Waals surface area contributed by atoms with Gasteiger partial charge in [0.1, 0.15) is 5.82 Å². The largest absolute Gasteiger partial charge is 0.461 e. The number of ether oxygens (including phenoxy) is 1. The molecule has 0 aliphatic heterocycles. The second kappa shape index (κ2) is 7.11. The van der Waals surface area contributed by atoms with E-state index in [0.717, 1.165) is 24.8 Å². The van der Waals surface area contributed by atoms with Crippen LogP contribution < -0.4 is 10.6 Å². The first-order valence-corrected chi connectivity index (χ1v) is 9.29. The van der Waals surface area contributed by atoms with Crippen molar-refractivity contribution in [1.82, 2.24) is 25.8 Å². The monoisotopic (exact) mass is 358 g/mol. The fourth-order valence-corrected chi connectivity index (χ4v) is 4.06. The van der Waals surface area contributed by atoms with Gasteiger partial charge in [0.25, 0.3) is 0 Å². The molecule has 8 heteroatoms. The SMILES string of the molecule is CCOC1CC(NC(=NC)NCc2nc(-c3ccco3)n[nH]2)C12CCC2. The first kappa shape index (κ1) is 17.1. The molecule has 2 aromatic heterocycles. The van der Waals surface area contributed by atoms with Crippen LogP contribution in [-0.4, -0.2) is 46.9 Å². The number of nitrogens with zero attached hydrogens (tertiary/aromatic N) is 3. The van der Waals surface area contributed by atoms with Gasteiger partial charge in [0.2, 0.25) is 5.82 Å². The van der Waals surface area contributed by atoms with Crippen LogP contribution in [0, 0.1) is 5.41 Å². The van der Waals surface area contributed by atoms with E-state index in [4.69, 9.17) is 9.15 Å². The molecule has 2 unspecified atom stereocenters. The van der Waals surface area contributed by atoms with Gasteiger partial charge in [-0.2, -0.15) is 0 Å². The van der Waals surface area contributed by atoms with Gasteiger partial charge in [-0.15, -0.1) is 5.10 Å². The molecule has 1 spiro atoms. The van der Waals surface area contributed by atoms with Gasteiger partial charge in [-0.25, -0.2) is 4.98 Å². The van der Waals surface area contributed by atoms with Crippen molar-refractivity contribution in [3.05, 3.63) is 24.2 Å². The van der Waals surface area contributed by atoms with Gasteiger partial charge in [-0.05, 0) is 38.3 Å². The third-order valence-electron chi connectivity index (χ3n) is 5.67. The van der Waals surface area contributed by atoms with Crippen LogP contribution >= 0.6 is 0 Å². The second-order valence-electron chi connectivity index (χ2n) is 6.97. The Morgan fingerprint density at radius 2 is 2.38 bits per heavy atom. The van der Waals surface area contributed by atoms with Crippen molar-refractivity contribution in [1.29, 1.82) is 0 Å². The Balaban J connectivity index is 1.32. The summed E-state index contributed by atoms with van der Waals surface area (Å²) in [6.07, 6.45) is 6.81. The maximum atomic E-state index is 5.92. The van der Waals surface area contributed by atoms with Crippen LogP contribution in [0.5, 0.6) is 0 Å². The topological polar surface area (TPSA) is 100 Å². The highest BCUT2D eigenvalue weighted by molar-refractivity contribution is 5.80. The Morgan fingerprint density at radius 3 is 3.04 bits per heavy atom. The van der Waals surface area contributed by atoms with Crippen LogP contribution in [0.2, 0.25) is 0 Å². The quantitative estimate of drug-likeness (QED) is 0.540. The van der Waals surface area contributed by atoms with Crippen molar-refractivity contribution < 1.29 is 9.15 Å². The third-order valence-corrected chi connectivity index (χ3v) is 5.67. The summed E-state index contributed by atoms with van der Waals surface area (Å²) in [5, 5.41) is 14.0. The Kier molecular flexibility index (Phi) is 4.67. The summed E-state index contributed by atoms with van der Waals surface area (Å²) >= 11 is 0. The maximum absolute atomic E-state index is 5.92. The maximum Gasteiger partial charge on any atom is 0.216 e. The number of furan rings is 1. The lowest BCUT2D eigenvalue weighted by Gasteiger charge is -2.61. The number of aromatic amines is 1. The van der Waals surface area contributed by atoms with E-state index in [0.29, 0.717) is 35.7 Å². The standard InChI is InChI=1S/C18H26N6O2/c1-3-25-14-10-13(18(14)7-5-8-18)21-17(19-2)20-11-15-22-16(24-23-15)12-6-4-9-26-12/h4,6,9,13-14H,3,5,7-8,10-11H2,1-2H3,(H2,19,20,21)(H,22,23,24). The minimum Gasteiger partial charge on any atom is -0.461 e. The molecule has 2 atom stereocenters. The Hall–Kier alpha value is -2.35. The Bertz CT molecular complexity index is 750. The van der Waals surface area contributed by atoms with E-state index in [9.17, 15) is 0 Å². The van der Waals surface area contributed by atoms with E-state index in [1.807, 2.05) is 12.1 Å². The third kappa shape index (κ3) is 2.98. The summed E-state index contributed by atoms with van der Waals surface area (Å²) in [5.41, 5.74) is 0.298. The molecule has 26 heavy (non-hydrogen) atoms. The van der Waals surface area contributed by atoms with E-state index in [1.54, 1.807) is 13.3 Å². The molecular formula is C18H26N6O2. The predicted octanol–water partition coefficient (Wildman–Crippen LogP) is 2.08. The van der Waals surface area contributed by atoms with E-state index < -0.39 is 0 Å². The average molecular weight is 358 g/mol. The molecule has 2 fully saturated rings. The number of hydrogen-bond acceptors (Lipinski definition) is 5. The Morgan fingerprint density at radius 1 is 1.50 bits per heavy atom. The highest BCUT2D eigenvalue weighted by Crippen LogP contribution is 2.57. The summed E-state index contributed by atoms with van der Waals surface area (Å²) in [7, 11) is 1.79. The molecule has 2 aliphatic rings. The van der Waals surface area contributed by atoms with Crippen molar-refractivity contribution in [2.45, 2.75) is 51.3 Å². The molecule has 4 rings (SSSR count). The summed E-state index contributed by atoms with van der Waals surface area (Å²) in [6, 6.07) is 4.08. The Labute approximate surface area is 152 Å². The van der Waals surface area contributed by atoms with E-state index in [2.05, 4.69) is 37.7 Å². The smallest absolute Gasteiger partial charge is 0.216 e. The van der Waals surface area contributed by atoms with E-state index >= 15 is 0 Å². The zero-order valence-electron chi connectivity index (χ0n) is 15.3. The summed E-state index contributed by atoms with van der Waals surface area (Å²) in [6.45, 7) is 3.37. The first-order valence-electron chi connectivity index (χ1n) is 9.29. The number of hydrogen-bond donors (Lipinski definition) is 3. The molecule has 0 radical (unpaired) electrons. The first-order chi connectivity index (χ1) is 12.7. The van der Waals surface area contributed by atoms with Crippen LogP contribution in [0.1, 0.15) is 38.4 Å². The van der Waals surface area contributed by atoms with Crippen LogP contribution in [0.25, 0.3) is 11.6 Å². The molecule has 2 heterocycles. The predicted molar refractivity (Wildman–Crippen MR) is 97.5 cm³/mol. The van der Waals surface area contributed by atoms with Gasteiger partial charge in [-0.3, -0.25) is 10.1 Å². The number of rotatable bonds is 6. The number of H-pyrrole nitrogens is 1. The number of aromatic nitrogens is 3. The average Bonchev–Trinajstić information content (AvgIpc) is 3.26. The van der Waals surface area contributed by atoms with E-state index in [1.165, 1.54) is 19.3 Å². The lowest BCUT2D eigenvalue weighted by molar-refractivity contribution is -0.168. The molecule has 8 nitrogen and oxygen atoms in total. The van der Waals surface area contributed by atoms with Crippen molar-refractivity contribution in [2.24, 2.45) is 10.4 Å². The van der Waals surface area contributed by atoms with Crippen LogP contribution in [0.15, 0.2) is 27.8 Å². The number of guanidine groups is 1. The molecule has 0 saturated heterocycles. The fraction of sp³-hybridized carbons (Fsp3) is 0.611. The summed E-state index contributed by atoms with van der Waals surface area (Å²) in [4.78, 5) is 8.79. The second-order valence-corrected chi connectivity index (χ2v) is 6.97. The van der Waals surface area contributed by atoms with Gasteiger partial charge in [0.15, 0.2) is 11.7 Å². The van der Waals surface area contributed by atoms with Crippen molar-refractivity contribution in [3.8, 4) is 11.6 Å². The fourth-order valence-electron chi connectivity index (χ4n) is 4.06. The molecular weight excluding hydrogens is 332 g/mol. The van der Waals surface area contributed by atoms with Gasteiger partial charge in [-0.1, -0.05) is 6.42 Å². The molecule has 2 aliphatic carbocycles. The normalized spacial score (nSPS) is 24.2. The minimum atomic E-state index is 0.298. The van der Waals surface area contributed by atoms with Gasteiger partial charge >= 0.3 is 0 Å². The van der Waals surface area contributed by atoms with Gasteiger partial charge < -0.3 is 19.8 Å². The summed E-state index contributed by atoms with van der Waals surface area (Å²) < 4.78 is 11.2. The minimum absolute atomic E-state index is 0.298. The molecule has 3 N–H and O–H groups in total. The highest BCUT2D eigenvalue weighted by atomic mass is 16.5. The van der Waals surface area contributed by atoms with Crippen LogP contribution in [-0.2, 0) is 11.3 Å². The van der Waals surface area contributed by atoms with Crippen LogP contribution in [0.4, 0.5) is 0 Å². The van der Waals surface area contributed by atoms with Crippen LogP contribution in [0.3, 0.4) is 0 Å². The van der Waals surface area contributed by atoms with Crippen molar-refractivity contribution in [3.63, 3.8) is 0 Å². The highest BCUT2D eigenvalue weighted by Gasteiger charge is 2.59.